The van der Waals surface area contributed by atoms with E-state index >= 15 is 0 Å². The molecule has 4 fully saturated rings. The first kappa shape index (κ1) is 25.7. The van der Waals surface area contributed by atoms with Crippen molar-refractivity contribution in [2.75, 3.05) is 0 Å². The second-order valence-corrected chi connectivity index (χ2v) is 12.4. The van der Waals surface area contributed by atoms with Gasteiger partial charge < -0.3 is 15.3 Å². The Balaban J connectivity index is 1.29. The number of aliphatic hydroxyl groups is 3. The average molecular weight is 489 g/mol. The molecule has 0 unspecified atom stereocenters. The third kappa shape index (κ3) is 4.71. The molecule has 4 aliphatic carbocycles. The molecule has 4 aliphatic rings. The number of hydrogen-bond donors (Lipinski definition) is 3. The van der Waals surface area contributed by atoms with Crippen LogP contribution in [0.5, 0.6) is 0 Å². The SMILES string of the molecule is C=C1/C(=C\C=C2/CCC[C@]3(C)[C@@H]([C@H](C)/C=C/[C@H](O)C4(c5ccccc5)CC4)CC[C@@H]23)C[C@@H](O)C[C@@H]1O. The van der Waals surface area contributed by atoms with Crippen LogP contribution in [0.15, 0.2) is 77.9 Å². The Morgan fingerprint density at radius 3 is 2.50 bits per heavy atom. The van der Waals surface area contributed by atoms with E-state index in [1.165, 1.54) is 36.8 Å². The Kier molecular flexibility index (Phi) is 7.20. The summed E-state index contributed by atoms with van der Waals surface area (Å²) in [5.74, 6) is 1.63. The molecule has 5 rings (SSSR count). The molecule has 0 saturated heterocycles. The van der Waals surface area contributed by atoms with Gasteiger partial charge in [-0.05, 0) is 91.2 Å². The number of rotatable bonds is 6. The molecule has 0 radical (unpaired) electrons. The van der Waals surface area contributed by atoms with Gasteiger partial charge in [-0.3, -0.25) is 0 Å². The van der Waals surface area contributed by atoms with Crippen LogP contribution in [0.1, 0.15) is 77.2 Å². The normalized spacial score (nSPS) is 37.9. The molecule has 3 N–H and O–H groups in total. The number of fused-ring (bicyclic) bond motifs is 1. The second-order valence-electron chi connectivity index (χ2n) is 12.4. The summed E-state index contributed by atoms with van der Waals surface area (Å²) in [6.45, 7) is 8.92. The maximum absolute atomic E-state index is 11.1. The molecule has 0 spiro atoms. The number of benzene rings is 1. The maximum atomic E-state index is 11.1. The number of allylic oxidation sites excluding steroid dienone is 4. The summed E-state index contributed by atoms with van der Waals surface area (Å²) in [6.07, 6.45) is 16.4. The summed E-state index contributed by atoms with van der Waals surface area (Å²) in [6, 6.07) is 10.5. The topological polar surface area (TPSA) is 60.7 Å². The Morgan fingerprint density at radius 1 is 1.03 bits per heavy atom. The fourth-order valence-corrected chi connectivity index (χ4v) is 7.87. The zero-order chi connectivity index (χ0) is 25.5. The monoisotopic (exact) mass is 488 g/mol. The van der Waals surface area contributed by atoms with E-state index in [1.807, 2.05) is 6.07 Å². The highest BCUT2D eigenvalue weighted by molar-refractivity contribution is 5.39. The van der Waals surface area contributed by atoms with Crippen molar-refractivity contribution >= 4 is 0 Å². The predicted octanol–water partition coefficient (Wildman–Crippen LogP) is 6.41. The van der Waals surface area contributed by atoms with Gasteiger partial charge in [0.15, 0.2) is 0 Å². The second kappa shape index (κ2) is 10.1. The van der Waals surface area contributed by atoms with Gasteiger partial charge in [-0.15, -0.1) is 0 Å². The van der Waals surface area contributed by atoms with Gasteiger partial charge in [0, 0.05) is 11.8 Å². The first-order chi connectivity index (χ1) is 17.2. The van der Waals surface area contributed by atoms with Crippen LogP contribution in [-0.2, 0) is 5.41 Å². The first-order valence-electron chi connectivity index (χ1n) is 14.1. The molecule has 4 saturated carbocycles. The van der Waals surface area contributed by atoms with Gasteiger partial charge in [0.1, 0.15) is 0 Å². The number of aliphatic hydroxyl groups excluding tert-OH is 3. The first-order valence-corrected chi connectivity index (χ1v) is 14.1. The minimum absolute atomic E-state index is 0.0852. The van der Waals surface area contributed by atoms with Crippen molar-refractivity contribution in [2.45, 2.75) is 95.4 Å². The largest absolute Gasteiger partial charge is 0.393 e. The quantitative estimate of drug-likeness (QED) is 0.405. The standard InChI is InChI=1S/C33H44O3/c1-22(11-16-31(36)33(18-19-33)26-9-5-4-6-10-26)28-14-15-29-24(8-7-17-32(28,29)3)12-13-25-20-27(34)21-30(35)23(25)2/h4-6,9-13,16,22,27-31,34-36H,2,7-8,14-15,17-21H2,1,3H3/b16-11+,24-12+,25-13-/t22-,27-,28-,29+,30+,31+,32-/m1/s1. The lowest BCUT2D eigenvalue weighted by atomic mass is 9.61. The molecule has 1 aromatic carbocycles. The molecule has 3 nitrogen and oxygen atoms in total. The molecule has 0 aromatic heterocycles. The summed E-state index contributed by atoms with van der Waals surface area (Å²) < 4.78 is 0. The van der Waals surface area contributed by atoms with Crippen LogP contribution in [-0.4, -0.2) is 33.6 Å². The zero-order valence-corrected chi connectivity index (χ0v) is 22.1. The van der Waals surface area contributed by atoms with Gasteiger partial charge in [-0.25, -0.2) is 0 Å². The fourth-order valence-electron chi connectivity index (χ4n) is 7.87. The molecule has 0 aliphatic heterocycles. The lowest BCUT2D eigenvalue weighted by Gasteiger charge is -2.44. The smallest absolute Gasteiger partial charge is 0.0817 e. The molecule has 0 bridgehead atoms. The van der Waals surface area contributed by atoms with Crippen LogP contribution in [0.2, 0.25) is 0 Å². The molecular weight excluding hydrogens is 444 g/mol. The summed E-state index contributed by atoms with van der Waals surface area (Å²) in [7, 11) is 0. The van der Waals surface area contributed by atoms with Gasteiger partial charge in [0.25, 0.3) is 0 Å². The van der Waals surface area contributed by atoms with E-state index in [9.17, 15) is 15.3 Å². The van der Waals surface area contributed by atoms with Crippen molar-refractivity contribution in [1.82, 2.24) is 0 Å². The Hall–Kier alpha value is -1.94. The van der Waals surface area contributed by atoms with Gasteiger partial charge in [-0.1, -0.05) is 80.6 Å². The Morgan fingerprint density at radius 2 is 1.78 bits per heavy atom. The molecule has 0 amide bonds. The van der Waals surface area contributed by atoms with Crippen LogP contribution < -0.4 is 0 Å². The van der Waals surface area contributed by atoms with E-state index in [4.69, 9.17) is 0 Å². The van der Waals surface area contributed by atoms with Crippen molar-refractivity contribution in [3.8, 4) is 0 Å². The molecule has 36 heavy (non-hydrogen) atoms. The molecule has 0 heterocycles. The van der Waals surface area contributed by atoms with E-state index in [1.54, 1.807) is 0 Å². The van der Waals surface area contributed by atoms with E-state index < -0.39 is 18.3 Å². The van der Waals surface area contributed by atoms with Crippen molar-refractivity contribution in [3.05, 3.63) is 83.5 Å². The van der Waals surface area contributed by atoms with Crippen LogP contribution in [0.4, 0.5) is 0 Å². The van der Waals surface area contributed by atoms with Gasteiger partial charge in [0.05, 0.1) is 18.3 Å². The van der Waals surface area contributed by atoms with Crippen LogP contribution in [0.3, 0.4) is 0 Å². The summed E-state index contributed by atoms with van der Waals surface area (Å²) in [5, 5.41) is 31.4. The minimum Gasteiger partial charge on any atom is -0.393 e. The Bertz CT molecular complexity index is 1050. The molecule has 3 heteroatoms. The van der Waals surface area contributed by atoms with Crippen LogP contribution in [0.25, 0.3) is 0 Å². The van der Waals surface area contributed by atoms with Crippen molar-refractivity contribution < 1.29 is 15.3 Å². The summed E-state index contributed by atoms with van der Waals surface area (Å²) in [5.41, 5.74) is 4.74. The average Bonchev–Trinajstić information content (AvgIpc) is 3.60. The fraction of sp³-hybridized carbons (Fsp3) is 0.576. The van der Waals surface area contributed by atoms with E-state index in [2.05, 4.69) is 69.0 Å². The summed E-state index contributed by atoms with van der Waals surface area (Å²) in [4.78, 5) is 0. The predicted molar refractivity (Wildman–Crippen MR) is 146 cm³/mol. The van der Waals surface area contributed by atoms with Crippen LogP contribution in [0, 0.1) is 23.2 Å². The molecule has 194 valence electrons. The zero-order valence-electron chi connectivity index (χ0n) is 22.1. The molecule has 7 atom stereocenters. The third-order valence-corrected chi connectivity index (χ3v) is 10.2. The minimum atomic E-state index is -0.634. The van der Waals surface area contributed by atoms with Gasteiger partial charge in [0.2, 0.25) is 0 Å². The lowest BCUT2D eigenvalue weighted by molar-refractivity contribution is 0.0862. The number of hydrogen-bond acceptors (Lipinski definition) is 3. The van der Waals surface area contributed by atoms with Gasteiger partial charge in [-0.2, -0.15) is 0 Å². The maximum Gasteiger partial charge on any atom is 0.0817 e. The van der Waals surface area contributed by atoms with Gasteiger partial charge >= 0.3 is 0 Å². The highest BCUT2D eigenvalue weighted by atomic mass is 16.3. The van der Waals surface area contributed by atoms with Crippen molar-refractivity contribution in [3.63, 3.8) is 0 Å². The highest BCUT2D eigenvalue weighted by Crippen LogP contribution is 2.60. The molecule has 1 aromatic rings. The lowest BCUT2D eigenvalue weighted by Crippen LogP contribution is -2.35. The Labute approximate surface area is 217 Å². The van der Waals surface area contributed by atoms with E-state index in [0.29, 0.717) is 30.6 Å². The highest BCUT2D eigenvalue weighted by Gasteiger charge is 2.51. The van der Waals surface area contributed by atoms with Crippen molar-refractivity contribution in [1.29, 1.82) is 0 Å². The third-order valence-electron chi connectivity index (χ3n) is 10.2. The summed E-state index contributed by atoms with van der Waals surface area (Å²) >= 11 is 0. The van der Waals surface area contributed by atoms with E-state index in [0.717, 1.165) is 30.4 Å². The van der Waals surface area contributed by atoms with E-state index in [-0.39, 0.29) is 10.8 Å². The van der Waals surface area contributed by atoms with Crippen molar-refractivity contribution in [2.24, 2.45) is 23.2 Å². The van der Waals surface area contributed by atoms with Crippen LogP contribution >= 0.6 is 0 Å². The molecular formula is C33H44O3.